The van der Waals surface area contributed by atoms with Crippen LogP contribution in [0.1, 0.15) is 30.5 Å². The highest BCUT2D eigenvalue weighted by Crippen LogP contribution is 2.42. The maximum Gasteiger partial charge on any atom is 0.300 e. The number of hydrogen-bond acceptors (Lipinski definition) is 4. The fourth-order valence-corrected chi connectivity index (χ4v) is 3.94. The molecule has 33 heavy (non-hydrogen) atoms. The molecule has 1 atom stereocenters. The van der Waals surface area contributed by atoms with Gasteiger partial charge in [-0.1, -0.05) is 48.9 Å². The molecule has 1 unspecified atom stereocenters. The molecule has 4 rings (SSSR count). The van der Waals surface area contributed by atoms with Gasteiger partial charge in [0.15, 0.2) is 0 Å². The van der Waals surface area contributed by atoms with Crippen molar-refractivity contribution < 1.29 is 23.8 Å². The molecule has 3 aromatic rings. The van der Waals surface area contributed by atoms with E-state index < -0.39 is 23.5 Å². The van der Waals surface area contributed by atoms with E-state index >= 15 is 0 Å². The Bertz CT molecular complexity index is 1220. The zero-order valence-corrected chi connectivity index (χ0v) is 18.6. The Morgan fingerprint density at radius 1 is 1.06 bits per heavy atom. The Kier molecular flexibility index (Phi) is 6.47. The number of nitrogens with zero attached hydrogens (tertiary/aromatic N) is 1. The molecule has 0 radical (unpaired) electrons. The molecule has 5 nitrogen and oxygen atoms in total. The largest absolute Gasteiger partial charge is 0.507 e. The lowest BCUT2D eigenvalue weighted by Crippen LogP contribution is -2.29. The predicted molar refractivity (Wildman–Crippen MR) is 125 cm³/mol. The van der Waals surface area contributed by atoms with Crippen LogP contribution in [0, 0.1) is 5.82 Å². The number of anilines is 1. The molecule has 7 heteroatoms. The maximum absolute atomic E-state index is 13.8. The topological polar surface area (TPSA) is 66.8 Å². The Morgan fingerprint density at radius 3 is 2.39 bits per heavy atom. The van der Waals surface area contributed by atoms with Crippen LogP contribution in [0.3, 0.4) is 0 Å². The first-order valence-corrected chi connectivity index (χ1v) is 10.8. The molecule has 1 N–H and O–H groups in total. The van der Waals surface area contributed by atoms with E-state index in [4.69, 9.17) is 16.3 Å². The third-order valence-electron chi connectivity index (χ3n) is 5.34. The third-order valence-corrected chi connectivity index (χ3v) is 5.63. The first-order chi connectivity index (χ1) is 15.9. The molecule has 0 aromatic heterocycles. The average Bonchev–Trinajstić information content (AvgIpc) is 3.10. The lowest BCUT2D eigenvalue weighted by Gasteiger charge is -2.25. The summed E-state index contributed by atoms with van der Waals surface area (Å²) in [5.41, 5.74) is 1.17. The summed E-state index contributed by atoms with van der Waals surface area (Å²) in [5.74, 6) is -1.99. The number of halogens is 2. The first-order valence-electron chi connectivity index (χ1n) is 10.5. The van der Waals surface area contributed by atoms with E-state index in [1.165, 1.54) is 17.0 Å². The third kappa shape index (κ3) is 4.34. The van der Waals surface area contributed by atoms with Crippen molar-refractivity contribution in [2.45, 2.75) is 19.4 Å². The summed E-state index contributed by atoms with van der Waals surface area (Å²) in [6.07, 6.45) is 0.857. The summed E-state index contributed by atoms with van der Waals surface area (Å²) in [4.78, 5) is 27.4. The van der Waals surface area contributed by atoms with Crippen LogP contribution in [0.25, 0.3) is 5.76 Å². The maximum atomic E-state index is 13.8. The van der Waals surface area contributed by atoms with Crippen molar-refractivity contribution in [3.63, 3.8) is 0 Å². The molecule has 1 aliphatic heterocycles. The number of aliphatic hydroxyl groups is 1. The minimum atomic E-state index is -0.913. The minimum Gasteiger partial charge on any atom is -0.507 e. The fraction of sp³-hybridized carbons (Fsp3) is 0.154. The predicted octanol–water partition coefficient (Wildman–Crippen LogP) is 5.89. The fourth-order valence-electron chi connectivity index (χ4n) is 3.77. The molecule has 1 heterocycles. The van der Waals surface area contributed by atoms with Gasteiger partial charge >= 0.3 is 0 Å². The molecule has 1 aliphatic rings. The average molecular weight is 466 g/mol. The number of hydrogen-bond donors (Lipinski definition) is 1. The molecule has 1 saturated heterocycles. The van der Waals surface area contributed by atoms with Crippen LogP contribution < -0.4 is 9.64 Å². The minimum absolute atomic E-state index is 0.0612. The number of ether oxygens (including phenoxy) is 1. The number of rotatable bonds is 6. The quantitative estimate of drug-likeness (QED) is 0.280. The van der Waals surface area contributed by atoms with Gasteiger partial charge in [0, 0.05) is 11.3 Å². The van der Waals surface area contributed by atoms with Crippen LogP contribution in [-0.2, 0) is 9.59 Å². The Labute approximate surface area is 195 Å². The van der Waals surface area contributed by atoms with Crippen molar-refractivity contribution in [3.05, 3.63) is 100 Å². The summed E-state index contributed by atoms with van der Waals surface area (Å²) in [5, 5.41) is 10.9. The number of Topliss-reactive ketones (excluding diaryl/α,β-unsaturated/α-hetero) is 1. The second kappa shape index (κ2) is 9.46. The second-order valence-corrected chi connectivity index (χ2v) is 7.96. The summed E-state index contributed by atoms with van der Waals surface area (Å²) in [7, 11) is 0. The van der Waals surface area contributed by atoms with Gasteiger partial charge in [0.25, 0.3) is 11.7 Å². The zero-order chi connectivity index (χ0) is 23.5. The van der Waals surface area contributed by atoms with E-state index in [0.29, 0.717) is 23.5 Å². The molecule has 0 saturated carbocycles. The Balaban J connectivity index is 1.84. The SMILES string of the molecule is CCCOc1ccc(/C(O)=C2\C(=O)C(=O)N(c3ccc(F)c(Cl)c3)C2c2ccccc2)cc1. The highest BCUT2D eigenvalue weighted by molar-refractivity contribution is 6.51. The van der Waals surface area contributed by atoms with Gasteiger partial charge in [0.05, 0.1) is 23.2 Å². The lowest BCUT2D eigenvalue weighted by molar-refractivity contribution is -0.132. The summed E-state index contributed by atoms with van der Waals surface area (Å²) >= 11 is 5.94. The van der Waals surface area contributed by atoms with Gasteiger partial charge in [-0.25, -0.2) is 4.39 Å². The van der Waals surface area contributed by atoms with E-state index in [2.05, 4.69) is 0 Å². The van der Waals surface area contributed by atoms with E-state index in [0.717, 1.165) is 12.5 Å². The second-order valence-electron chi connectivity index (χ2n) is 7.55. The van der Waals surface area contributed by atoms with Crippen LogP contribution in [0.2, 0.25) is 5.02 Å². The van der Waals surface area contributed by atoms with Gasteiger partial charge in [0.2, 0.25) is 0 Å². The van der Waals surface area contributed by atoms with Crippen LogP contribution in [0.15, 0.2) is 78.4 Å². The number of benzene rings is 3. The van der Waals surface area contributed by atoms with E-state index in [1.807, 2.05) is 6.92 Å². The molecule has 1 amide bonds. The summed E-state index contributed by atoms with van der Waals surface area (Å²) in [6, 6.07) is 18.4. The highest BCUT2D eigenvalue weighted by Gasteiger charge is 2.47. The van der Waals surface area contributed by atoms with E-state index in [-0.39, 0.29) is 22.0 Å². The number of amides is 1. The molecule has 3 aromatic carbocycles. The van der Waals surface area contributed by atoms with Crippen molar-refractivity contribution in [1.29, 1.82) is 0 Å². The van der Waals surface area contributed by atoms with Crippen molar-refractivity contribution in [2.75, 3.05) is 11.5 Å². The van der Waals surface area contributed by atoms with Crippen LogP contribution in [0.4, 0.5) is 10.1 Å². The standard InChI is InChI=1S/C26H21ClFNO4/c1-2-14-33-19-11-8-17(9-12-19)24(30)22-23(16-6-4-3-5-7-16)29(26(32)25(22)31)18-10-13-21(28)20(27)15-18/h3-13,15,23,30H,2,14H2,1H3/b24-22+. The van der Waals surface area contributed by atoms with Gasteiger partial charge < -0.3 is 9.84 Å². The lowest BCUT2D eigenvalue weighted by atomic mass is 9.95. The van der Waals surface area contributed by atoms with Crippen LogP contribution in [-0.4, -0.2) is 23.4 Å². The number of carbonyl (C=O) groups is 2. The molecule has 1 fully saturated rings. The normalized spacial score (nSPS) is 17.4. The first kappa shape index (κ1) is 22.6. The summed E-state index contributed by atoms with van der Waals surface area (Å²) in [6.45, 7) is 2.56. The van der Waals surface area contributed by atoms with Gasteiger partial charge in [-0.15, -0.1) is 0 Å². The van der Waals surface area contributed by atoms with Crippen molar-refractivity contribution in [3.8, 4) is 5.75 Å². The number of aliphatic hydroxyl groups excluding tert-OH is 1. The zero-order valence-electron chi connectivity index (χ0n) is 17.8. The molecule has 0 spiro atoms. The molecular weight excluding hydrogens is 445 g/mol. The van der Waals surface area contributed by atoms with Crippen molar-refractivity contribution in [1.82, 2.24) is 0 Å². The van der Waals surface area contributed by atoms with E-state index in [9.17, 15) is 19.1 Å². The molecule has 168 valence electrons. The molecule has 0 aliphatic carbocycles. The van der Waals surface area contributed by atoms with Crippen LogP contribution >= 0.6 is 11.6 Å². The van der Waals surface area contributed by atoms with Crippen molar-refractivity contribution >= 4 is 34.7 Å². The molecular formula is C26H21ClFNO4. The monoisotopic (exact) mass is 465 g/mol. The Hall–Kier alpha value is -3.64. The number of ketones is 1. The van der Waals surface area contributed by atoms with Gasteiger partial charge in [-0.2, -0.15) is 0 Å². The highest BCUT2D eigenvalue weighted by atomic mass is 35.5. The number of carbonyl (C=O) groups excluding carboxylic acids is 2. The Morgan fingerprint density at radius 2 is 1.76 bits per heavy atom. The molecule has 0 bridgehead atoms. The van der Waals surface area contributed by atoms with Gasteiger partial charge in [-0.05, 0) is 54.4 Å². The van der Waals surface area contributed by atoms with E-state index in [1.54, 1.807) is 54.6 Å². The van der Waals surface area contributed by atoms with Gasteiger partial charge in [-0.3, -0.25) is 14.5 Å². The summed E-state index contributed by atoms with van der Waals surface area (Å²) < 4.78 is 19.3. The van der Waals surface area contributed by atoms with Crippen molar-refractivity contribution in [2.24, 2.45) is 0 Å². The smallest absolute Gasteiger partial charge is 0.300 e. The van der Waals surface area contributed by atoms with Crippen LogP contribution in [0.5, 0.6) is 5.75 Å². The van der Waals surface area contributed by atoms with Gasteiger partial charge in [0.1, 0.15) is 17.3 Å².